The molecule has 0 aromatic heterocycles. The highest BCUT2D eigenvalue weighted by Gasteiger charge is 2.18. The van der Waals surface area contributed by atoms with Crippen molar-refractivity contribution in [3.8, 4) is 0 Å². The van der Waals surface area contributed by atoms with E-state index in [1.54, 1.807) is 7.11 Å². The van der Waals surface area contributed by atoms with Gasteiger partial charge in [-0.25, -0.2) is 0 Å². The van der Waals surface area contributed by atoms with Crippen LogP contribution in [0.5, 0.6) is 0 Å². The summed E-state index contributed by atoms with van der Waals surface area (Å²) in [4.78, 5) is 3.13. The van der Waals surface area contributed by atoms with Crippen LogP contribution in [-0.4, -0.2) is 56.3 Å². The van der Waals surface area contributed by atoms with E-state index in [1.165, 1.54) is 19.5 Å². The number of methoxy groups -OCH3 is 1. The smallest absolute Gasteiger partial charge is 0.0593 e. The van der Waals surface area contributed by atoms with Gasteiger partial charge in [-0.3, -0.25) is 4.90 Å². The molecule has 0 N–H and O–H groups in total. The van der Waals surface area contributed by atoms with Crippen molar-refractivity contribution >= 4 is 15.9 Å². The fraction of sp³-hybridized carbons (Fsp3) is 1.00. The van der Waals surface area contributed by atoms with Crippen LogP contribution in [0.1, 0.15) is 12.8 Å². The highest BCUT2D eigenvalue weighted by Crippen LogP contribution is 2.15. The van der Waals surface area contributed by atoms with E-state index < -0.39 is 0 Å². The molecule has 1 atom stereocenters. The van der Waals surface area contributed by atoms with E-state index >= 15 is 0 Å². The van der Waals surface area contributed by atoms with E-state index in [1.807, 2.05) is 0 Å². The number of hydrogen-bond acceptors (Lipinski definition) is 3. The molecule has 0 aliphatic carbocycles. The molecule has 4 heteroatoms. The maximum atomic E-state index is 5.50. The summed E-state index contributed by atoms with van der Waals surface area (Å²) in [6.07, 6.45) is 2.27. The molecular weight excluding hydrogens is 246 g/mol. The molecule has 84 valence electrons. The van der Waals surface area contributed by atoms with E-state index in [-0.39, 0.29) is 0 Å². The Kier molecular flexibility index (Phi) is 6.77. The summed E-state index contributed by atoms with van der Waals surface area (Å²) in [5, 5.41) is 0. The average molecular weight is 266 g/mol. The molecule has 0 saturated carbocycles. The second kappa shape index (κ2) is 7.63. The lowest BCUT2D eigenvalue weighted by atomic mass is 10.4. The summed E-state index contributed by atoms with van der Waals surface area (Å²) in [5.74, 6) is 0. The second-order valence-electron chi connectivity index (χ2n) is 3.65. The second-order valence-corrected chi connectivity index (χ2v) is 4.94. The van der Waals surface area contributed by atoms with Gasteiger partial charge in [0.1, 0.15) is 0 Å². The van der Waals surface area contributed by atoms with Crippen LogP contribution >= 0.6 is 15.9 Å². The number of nitrogens with zero attached hydrogens (tertiary/aromatic N) is 1. The Morgan fingerprint density at radius 3 is 2.86 bits per heavy atom. The highest BCUT2D eigenvalue weighted by atomic mass is 79.9. The lowest BCUT2D eigenvalue weighted by molar-refractivity contribution is 0.0886. The van der Waals surface area contributed by atoms with Crippen molar-refractivity contribution in [3.63, 3.8) is 0 Å². The minimum Gasteiger partial charge on any atom is -0.385 e. The Morgan fingerprint density at radius 1 is 1.36 bits per heavy atom. The van der Waals surface area contributed by atoms with E-state index in [0.29, 0.717) is 4.83 Å². The van der Waals surface area contributed by atoms with Gasteiger partial charge in [-0.1, -0.05) is 15.9 Å². The SMILES string of the molecule is COCCCOCCN1CCC(Br)C1. The molecule has 1 aliphatic heterocycles. The molecule has 0 bridgehead atoms. The van der Waals surface area contributed by atoms with E-state index in [9.17, 15) is 0 Å². The summed E-state index contributed by atoms with van der Waals surface area (Å²) >= 11 is 3.62. The van der Waals surface area contributed by atoms with Crippen molar-refractivity contribution < 1.29 is 9.47 Å². The van der Waals surface area contributed by atoms with Crippen LogP contribution in [0.15, 0.2) is 0 Å². The zero-order valence-electron chi connectivity index (χ0n) is 8.88. The van der Waals surface area contributed by atoms with Gasteiger partial charge in [0.25, 0.3) is 0 Å². The first-order chi connectivity index (χ1) is 6.83. The molecule has 1 heterocycles. The largest absolute Gasteiger partial charge is 0.385 e. The molecule has 0 amide bonds. The Morgan fingerprint density at radius 2 is 2.21 bits per heavy atom. The minimum absolute atomic E-state index is 0.691. The molecule has 0 aromatic carbocycles. The number of likely N-dealkylation sites (tertiary alicyclic amines) is 1. The summed E-state index contributed by atoms with van der Waals surface area (Å²) in [6, 6.07) is 0. The van der Waals surface area contributed by atoms with Gasteiger partial charge in [0.05, 0.1) is 6.61 Å². The Bertz CT molecular complexity index is 146. The summed E-state index contributed by atoms with van der Waals surface area (Å²) < 4.78 is 10.4. The van der Waals surface area contributed by atoms with Crippen molar-refractivity contribution in [1.82, 2.24) is 4.90 Å². The maximum Gasteiger partial charge on any atom is 0.0593 e. The van der Waals surface area contributed by atoms with Crippen LogP contribution in [0, 0.1) is 0 Å². The van der Waals surface area contributed by atoms with Crippen molar-refractivity contribution in [1.29, 1.82) is 0 Å². The lowest BCUT2D eigenvalue weighted by Gasteiger charge is -2.14. The molecule has 1 unspecified atom stereocenters. The van der Waals surface area contributed by atoms with Crippen molar-refractivity contribution in [3.05, 3.63) is 0 Å². The van der Waals surface area contributed by atoms with Gasteiger partial charge in [0.2, 0.25) is 0 Å². The molecule has 3 nitrogen and oxygen atoms in total. The number of rotatable bonds is 7. The first-order valence-corrected chi connectivity index (χ1v) is 6.17. The van der Waals surface area contributed by atoms with Gasteiger partial charge in [-0.15, -0.1) is 0 Å². The Balaban J connectivity index is 1.84. The number of ether oxygens (including phenoxy) is 2. The first kappa shape index (κ1) is 12.4. The third-order valence-electron chi connectivity index (χ3n) is 2.40. The van der Waals surface area contributed by atoms with Crippen LogP contribution in [0.2, 0.25) is 0 Å². The molecule has 0 radical (unpaired) electrons. The Hall–Kier alpha value is 0.360. The fourth-order valence-corrected chi connectivity index (χ4v) is 2.20. The molecule has 1 fully saturated rings. The summed E-state index contributed by atoms with van der Waals surface area (Å²) in [7, 11) is 1.72. The van der Waals surface area contributed by atoms with Crippen LogP contribution < -0.4 is 0 Å². The highest BCUT2D eigenvalue weighted by molar-refractivity contribution is 9.09. The molecule has 1 aliphatic rings. The monoisotopic (exact) mass is 265 g/mol. The standard InChI is InChI=1S/C10H20BrNO2/c1-13-6-2-7-14-8-5-12-4-3-10(11)9-12/h10H,2-9H2,1H3. The normalized spacial score (nSPS) is 23.1. The van der Waals surface area contributed by atoms with E-state index in [0.717, 1.165) is 32.8 Å². The fourth-order valence-electron chi connectivity index (χ4n) is 1.59. The van der Waals surface area contributed by atoms with Crippen molar-refractivity contribution in [2.45, 2.75) is 17.7 Å². The van der Waals surface area contributed by atoms with Crippen LogP contribution in [0.3, 0.4) is 0 Å². The van der Waals surface area contributed by atoms with Gasteiger partial charge < -0.3 is 9.47 Å². The van der Waals surface area contributed by atoms with Gasteiger partial charge in [-0.05, 0) is 19.4 Å². The quantitative estimate of drug-likeness (QED) is 0.515. The third-order valence-corrected chi connectivity index (χ3v) is 3.15. The molecule has 14 heavy (non-hydrogen) atoms. The molecule has 1 saturated heterocycles. The molecular formula is C10H20BrNO2. The van der Waals surface area contributed by atoms with Gasteiger partial charge in [0.15, 0.2) is 0 Å². The zero-order chi connectivity index (χ0) is 10.2. The van der Waals surface area contributed by atoms with Crippen LogP contribution in [-0.2, 0) is 9.47 Å². The minimum atomic E-state index is 0.691. The van der Waals surface area contributed by atoms with Gasteiger partial charge in [-0.2, -0.15) is 0 Å². The molecule has 0 aromatic rings. The zero-order valence-corrected chi connectivity index (χ0v) is 10.5. The predicted octanol–water partition coefficient (Wildman–Crippen LogP) is 1.51. The number of alkyl halides is 1. The third kappa shape index (κ3) is 5.29. The summed E-state index contributed by atoms with van der Waals surface area (Å²) in [5.41, 5.74) is 0. The lowest BCUT2D eigenvalue weighted by Crippen LogP contribution is -2.25. The first-order valence-electron chi connectivity index (χ1n) is 5.26. The topological polar surface area (TPSA) is 21.7 Å². The van der Waals surface area contributed by atoms with Gasteiger partial charge in [0, 0.05) is 38.2 Å². The van der Waals surface area contributed by atoms with Gasteiger partial charge >= 0.3 is 0 Å². The maximum absolute atomic E-state index is 5.50. The summed E-state index contributed by atoms with van der Waals surface area (Å²) in [6.45, 7) is 5.91. The number of hydrogen-bond donors (Lipinski definition) is 0. The van der Waals surface area contributed by atoms with E-state index in [2.05, 4.69) is 20.8 Å². The predicted molar refractivity (Wildman–Crippen MR) is 61.1 cm³/mol. The van der Waals surface area contributed by atoms with E-state index in [4.69, 9.17) is 9.47 Å². The van der Waals surface area contributed by atoms with Crippen LogP contribution in [0.4, 0.5) is 0 Å². The molecule has 0 spiro atoms. The molecule has 1 rings (SSSR count). The average Bonchev–Trinajstić information content (AvgIpc) is 2.58. The van der Waals surface area contributed by atoms with Crippen molar-refractivity contribution in [2.24, 2.45) is 0 Å². The van der Waals surface area contributed by atoms with Crippen molar-refractivity contribution in [2.75, 3.05) is 46.6 Å². The van der Waals surface area contributed by atoms with Crippen LogP contribution in [0.25, 0.3) is 0 Å². The Labute approximate surface area is 94.9 Å². The number of halogens is 1.